The fourth-order valence-corrected chi connectivity index (χ4v) is 5.59. The summed E-state index contributed by atoms with van der Waals surface area (Å²) in [6, 6.07) is 8.84. The van der Waals surface area contributed by atoms with Gasteiger partial charge in [0, 0.05) is 38.5 Å². The summed E-state index contributed by atoms with van der Waals surface area (Å²) in [5.41, 5.74) is 2.85. The van der Waals surface area contributed by atoms with Crippen molar-refractivity contribution in [2.75, 3.05) is 22.2 Å². The number of hydrogen-bond acceptors (Lipinski definition) is 5. The Morgan fingerprint density at radius 3 is 2.53 bits per heavy atom. The van der Waals surface area contributed by atoms with Gasteiger partial charge in [0.05, 0.1) is 24.1 Å². The van der Waals surface area contributed by atoms with Gasteiger partial charge in [-0.05, 0) is 36.2 Å². The second-order valence-electron chi connectivity index (χ2n) is 8.81. The maximum absolute atomic E-state index is 13.5. The zero-order valence-corrected chi connectivity index (χ0v) is 19.6. The molecule has 0 saturated heterocycles. The molecule has 1 aliphatic heterocycles. The number of nitrogens with zero attached hydrogens (tertiary/aromatic N) is 5. The molecule has 0 radical (unpaired) electrons. The molecule has 1 saturated carbocycles. The maximum atomic E-state index is 13.5. The highest BCUT2D eigenvalue weighted by molar-refractivity contribution is 7.94. The van der Waals surface area contributed by atoms with Crippen LogP contribution < -0.4 is 14.3 Å². The molecular weight excluding hydrogens is 468 g/mol. The molecule has 1 aromatic carbocycles. The lowest BCUT2D eigenvalue weighted by Crippen LogP contribution is -2.37. The van der Waals surface area contributed by atoms with Gasteiger partial charge in [-0.3, -0.25) is 9.13 Å². The number of anilines is 2. The van der Waals surface area contributed by atoms with E-state index in [0.717, 1.165) is 29.9 Å². The lowest BCUT2D eigenvalue weighted by Gasteiger charge is -2.18. The zero-order chi connectivity index (χ0) is 24.6. The molecule has 0 spiro atoms. The number of fused-ring (bicyclic) bond motifs is 1. The maximum Gasteiger partial charge on any atom is 0.331 e. The molecule has 5 rings (SSSR count). The first-order valence-corrected chi connectivity index (χ1v) is 12.0. The molecule has 3 aromatic rings. The van der Waals surface area contributed by atoms with Crippen molar-refractivity contribution in [3.63, 3.8) is 0 Å². The van der Waals surface area contributed by atoms with E-state index in [0.29, 0.717) is 5.69 Å². The standard InChI is InChI=1S/C22H23F2N5O4S/c1-13-4-5-14(10-28-12-19(30)26(2)21(28)31)8-16(13)17-6-7-18-20(25-17)27(3)34(32,33)29(18)11-15-9-22(15,23)24/h4-8,12,15,30H,9-11H2,1-3H3. The Kier molecular flexibility index (Phi) is 4.80. The first kappa shape index (κ1) is 22.4. The molecule has 1 atom stereocenters. The summed E-state index contributed by atoms with van der Waals surface area (Å²) in [5, 5.41) is 9.77. The highest BCUT2D eigenvalue weighted by Gasteiger charge is 2.59. The minimum Gasteiger partial charge on any atom is -0.493 e. The smallest absolute Gasteiger partial charge is 0.331 e. The van der Waals surface area contributed by atoms with Crippen LogP contribution in [-0.4, -0.2) is 47.2 Å². The van der Waals surface area contributed by atoms with Gasteiger partial charge in [-0.1, -0.05) is 12.1 Å². The van der Waals surface area contributed by atoms with E-state index in [2.05, 4.69) is 4.98 Å². The van der Waals surface area contributed by atoms with Gasteiger partial charge in [-0.25, -0.2) is 27.2 Å². The third-order valence-corrected chi connectivity index (χ3v) is 8.23. The molecule has 1 fully saturated rings. The van der Waals surface area contributed by atoms with Crippen LogP contribution >= 0.6 is 0 Å². The molecule has 0 amide bonds. The fraction of sp³-hybridized carbons (Fsp3) is 0.364. The number of alkyl halides is 2. The zero-order valence-electron chi connectivity index (χ0n) is 18.7. The number of aromatic nitrogens is 3. The Morgan fingerprint density at radius 2 is 1.91 bits per heavy atom. The number of aromatic hydroxyl groups is 1. The van der Waals surface area contributed by atoms with Crippen molar-refractivity contribution in [2.24, 2.45) is 13.0 Å². The van der Waals surface area contributed by atoms with Crippen molar-refractivity contribution in [3.8, 4) is 17.1 Å². The van der Waals surface area contributed by atoms with E-state index in [1.165, 1.54) is 24.9 Å². The Balaban J connectivity index is 1.50. The summed E-state index contributed by atoms with van der Waals surface area (Å²) < 4.78 is 57.2. The molecule has 2 aromatic heterocycles. The molecular formula is C22H23F2N5O4S. The van der Waals surface area contributed by atoms with Crippen LogP contribution in [0.15, 0.2) is 41.3 Å². The van der Waals surface area contributed by atoms with Gasteiger partial charge in [0.25, 0.3) is 5.92 Å². The van der Waals surface area contributed by atoms with Gasteiger partial charge in [0.15, 0.2) is 5.82 Å². The van der Waals surface area contributed by atoms with E-state index in [4.69, 9.17) is 0 Å². The van der Waals surface area contributed by atoms with Crippen LogP contribution in [0, 0.1) is 12.8 Å². The van der Waals surface area contributed by atoms with Gasteiger partial charge in [-0.2, -0.15) is 8.42 Å². The highest BCUT2D eigenvalue weighted by Crippen LogP contribution is 2.51. The Morgan fingerprint density at radius 1 is 1.21 bits per heavy atom. The number of aryl methyl sites for hydroxylation is 1. The summed E-state index contributed by atoms with van der Waals surface area (Å²) in [5.74, 6) is -3.80. The largest absolute Gasteiger partial charge is 0.493 e. The molecule has 34 heavy (non-hydrogen) atoms. The van der Waals surface area contributed by atoms with E-state index in [9.17, 15) is 27.1 Å². The number of hydrogen-bond donors (Lipinski definition) is 1. The molecule has 2 aliphatic rings. The van der Waals surface area contributed by atoms with Crippen molar-refractivity contribution in [1.82, 2.24) is 14.1 Å². The third-order valence-electron chi connectivity index (χ3n) is 6.47. The summed E-state index contributed by atoms with van der Waals surface area (Å²) in [6.45, 7) is 1.82. The number of benzene rings is 1. The molecule has 0 bridgehead atoms. The molecule has 1 aliphatic carbocycles. The Labute approximate surface area is 194 Å². The van der Waals surface area contributed by atoms with Crippen LogP contribution in [-0.2, 0) is 23.8 Å². The first-order valence-electron chi connectivity index (χ1n) is 10.6. The predicted molar refractivity (Wildman–Crippen MR) is 123 cm³/mol. The second kappa shape index (κ2) is 7.29. The topological polar surface area (TPSA) is 101 Å². The number of rotatable bonds is 5. The average Bonchev–Trinajstić information content (AvgIpc) is 3.26. The molecule has 9 nitrogen and oxygen atoms in total. The van der Waals surface area contributed by atoms with Crippen LogP contribution in [0.25, 0.3) is 11.3 Å². The van der Waals surface area contributed by atoms with Crippen molar-refractivity contribution in [2.45, 2.75) is 25.8 Å². The van der Waals surface area contributed by atoms with E-state index in [1.54, 1.807) is 12.1 Å². The highest BCUT2D eigenvalue weighted by atomic mass is 32.2. The van der Waals surface area contributed by atoms with Crippen molar-refractivity contribution < 1.29 is 22.3 Å². The van der Waals surface area contributed by atoms with Crippen molar-refractivity contribution >= 4 is 21.7 Å². The van der Waals surface area contributed by atoms with Gasteiger partial charge < -0.3 is 5.11 Å². The van der Waals surface area contributed by atoms with Crippen LogP contribution in [0.5, 0.6) is 5.88 Å². The van der Waals surface area contributed by atoms with E-state index in [1.807, 2.05) is 25.1 Å². The average molecular weight is 492 g/mol. The van der Waals surface area contributed by atoms with Crippen molar-refractivity contribution in [3.05, 3.63) is 58.1 Å². The van der Waals surface area contributed by atoms with Gasteiger partial charge in [-0.15, -0.1) is 0 Å². The quantitative estimate of drug-likeness (QED) is 0.591. The Hall–Kier alpha value is -3.41. The number of pyridine rings is 1. The van der Waals surface area contributed by atoms with E-state index >= 15 is 0 Å². The summed E-state index contributed by atoms with van der Waals surface area (Å²) in [4.78, 5) is 16.8. The Bertz CT molecular complexity index is 1480. The van der Waals surface area contributed by atoms with Crippen LogP contribution in [0.2, 0.25) is 0 Å². The monoisotopic (exact) mass is 491 g/mol. The summed E-state index contributed by atoms with van der Waals surface area (Å²) in [7, 11) is -1.16. The predicted octanol–water partition coefficient (Wildman–Crippen LogP) is 2.47. The SMILES string of the molecule is Cc1ccc(Cn2cc(O)n(C)c2=O)cc1-c1ccc2c(n1)N(C)S(=O)(=O)N2CC1CC1(F)F. The minimum absolute atomic E-state index is 0.143. The van der Waals surface area contributed by atoms with Crippen LogP contribution in [0.1, 0.15) is 17.5 Å². The third kappa shape index (κ3) is 3.44. The molecule has 1 N–H and O–H groups in total. The van der Waals surface area contributed by atoms with Crippen LogP contribution in [0.4, 0.5) is 20.3 Å². The van der Waals surface area contributed by atoms with E-state index < -0.39 is 22.0 Å². The first-order chi connectivity index (χ1) is 15.9. The van der Waals surface area contributed by atoms with Gasteiger partial charge in [0.1, 0.15) is 0 Å². The fourth-order valence-electron chi connectivity index (χ4n) is 4.18. The lowest BCUT2D eigenvalue weighted by molar-refractivity contribution is 0.101. The number of halogens is 2. The van der Waals surface area contributed by atoms with Crippen LogP contribution in [0.3, 0.4) is 0 Å². The lowest BCUT2D eigenvalue weighted by atomic mass is 10.0. The van der Waals surface area contributed by atoms with Gasteiger partial charge in [0.2, 0.25) is 5.88 Å². The van der Waals surface area contributed by atoms with Crippen molar-refractivity contribution in [1.29, 1.82) is 0 Å². The normalized spacial score (nSPS) is 20.0. The van der Waals surface area contributed by atoms with E-state index in [-0.39, 0.29) is 42.6 Å². The molecule has 180 valence electrons. The molecule has 1 unspecified atom stereocenters. The van der Waals surface area contributed by atoms with Gasteiger partial charge >= 0.3 is 15.9 Å². The molecule has 3 heterocycles. The minimum atomic E-state index is -3.99. The number of imidazole rings is 1. The second-order valence-corrected chi connectivity index (χ2v) is 10.7. The molecule has 12 heteroatoms. The summed E-state index contributed by atoms with van der Waals surface area (Å²) >= 11 is 0. The summed E-state index contributed by atoms with van der Waals surface area (Å²) in [6.07, 6.45) is 1.03.